The summed E-state index contributed by atoms with van der Waals surface area (Å²) < 4.78 is 5.47. The molecule has 0 unspecified atom stereocenters. The van der Waals surface area contributed by atoms with Gasteiger partial charge in [0, 0.05) is 38.4 Å². The normalized spacial score (nSPS) is 11.8. The van der Waals surface area contributed by atoms with Crippen molar-refractivity contribution in [3.05, 3.63) is 23.9 Å². The van der Waals surface area contributed by atoms with Gasteiger partial charge in [-0.25, -0.2) is 4.98 Å². The van der Waals surface area contributed by atoms with E-state index in [0.717, 1.165) is 12.0 Å². The molecule has 1 amide bonds. The van der Waals surface area contributed by atoms with Gasteiger partial charge in [0.2, 0.25) is 11.8 Å². The number of rotatable bonds is 7. The van der Waals surface area contributed by atoms with E-state index in [-0.39, 0.29) is 18.0 Å². The molecule has 7 nitrogen and oxygen atoms in total. The number of nitrogens with one attached hydrogen (secondary N) is 2. The minimum absolute atomic E-state index is 0.0444. The van der Waals surface area contributed by atoms with Gasteiger partial charge in [-0.15, -0.1) is 0 Å². The molecule has 0 saturated heterocycles. The van der Waals surface area contributed by atoms with Crippen molar-refractivity contribution < 1.29 is 9.53 Å². The zero-order chi connectivity index (χ0) is 18.9. The summed E-state index contributed by atoms with van der Waals surface area (Å²) in [4.78, 5) is 22.3. The third-order valence-corrected chi connectivity index (χ3v) is 3.17. The molecule has 0 bridgehead atoms. The maximum absolute atomic E-state index is 12.0. The number of aromatic nitrogens is 1. The Kier molecular flexibility index (Phi) is 8.18. The Labute approximate surface area is 150 Å². The zero-order valence-electron chi connectivity index (χ0n) is 16.2. The largest absolute Gasteiger partial charge is 0.478 e. The molecule has 0 aliphatic rings. The molecule has 1 rings (SSSR count). The number of hydrogen-bond donors (Lipinski definition) is 2. The maximum atomic E-state index is 12.0. The zero-order valence-corrected chi connectivity index (χ0v) is 16.2. The van der Waals surface area contributed by atoms with Crippen molar-refractivity contribution in [2.75, 3.05) is 27.2 Å². The number of ether oxygens (including phenoxy) is 1. The predicted octanol–water partition coefficient (Wildman–Crippen LogP) is 1.79. The quantitative estimate of drug-likeness (QED) is 0.580. The molecule has 1 aromatic heterocycles. The lowest BCUT2D eigenvalue weighted by Crippen LogP contribution is -2.48. The highest BCUT2D eigenvalue weighted by molar-refractivity contribution is 5.86. The van der Waals surface area contributed by atoms with Gasteiger partial charge in [-0.05, 0) is 32.8 Å². The van der Waals surface area contributed by atoms with Crippen molar-refractivity contribution in [3.8, 4) is 5.88 Å². The molecule has 140 valence electrons. The van der Waals surface area contributed by atoms with Crippen LogP contribution in [-0.2, 0) is 11.3 Å². The average molecular weight is 349 g/mol. The molecule has 1 aromatic rings. The summed E-state index contributed by atoms with van der Waals surface area (Å²) in [5.41, 5.74) is 0.764. The van der Waals surface area contributed by atoms with Crippen molar-refractivity contribution in [2.24, 2.45) is 4.99 Å². The molecular weight excluding hydrogens is 318 g/mol. The summed E-state index contributed by atoms with van der Waals surface area (Å²) in [6.45, 7) is 9.40. The lowest BCUT2D eigenvalue weighted by molar-refractivity contribution is -0.122. The van der Waals surface area contributed by atoms with Crippen LogP contribution in [0.5, 0.6) is 5.88 Å². The van der Waals surface area contributed by atoms with Crippen LogP contribution in [-0.4, -0.2) is 54.5 Å². The molecule has 0 fully saturated rings. The van der Waals surface area contributed by atoms with E-state index >= 15 is 0 Å². The topological polar surface area (TPSA) is 78.8 Å². The summed E-state index contributed by atoms with van der Waals surface area (Å²) in [6, 6.07) is 3.82. The molecule has 0 spiro atoms. The van der Waals surface area contributed by atoms with Crippen LogP contribution >= 0.6 is 0 Å². The highest BCUT2D eigenvalue weighted by Gasteiger charge is 2.16. The lowest BCUT2D eigenvalue weighted by atomic mass is 10.1. The molecule has 0 saturated carbocycles. The van der Waals surface area contributed by atoms with E-state index in [2.05, 4.69) is 27.5 Å². The minimum atomic E-state index is -0.248. The van der Waals surface area contributed by atoms with Crippen molar-refractivity contribution >= 4 is 11.9 Å². The van der Waals surface area contributed by atoms with E-state index in [4.69, 9.17) is 4.74 Å². The highest BCUT2D eigenvalue weighted by Crippen LogP contribution is 2.08. The van der Waals surface area contributed by atoms with E-state index in [0.29, 0.717) is 25.0 Å². The number of nitrogens with zero attached hydrogens (tertiary/aromatic N) is 3. The van der Waals surface area contributed by atoms with Crippen molar-refractivity contribution in [1.82, 2.24) is 20.5 Å². The van der Waals surface area contributed by atoms with Gasteiger partial charge in [0.1, 0.15) is 0 Å². The first-order valence-electron chi connectivity index (χ1n) is 8.55. The Bertz CT molecular complexity index is 564. The second-order valence-electron chi connectivity index (χ2n) is 6.91. The molecule has 0 aliphatic carbocycles. The predicted molar refractivity (Wildman–Crippen MR) is 101 cm³/mol. The first-order valence-corrected chi connectivity index (χ1v) is 8.55. The van der Waals surface area contributed by atoms with Crippen LogP contribution in [0.25, 0.3) is 0 Å². The Balaban J connectivity index is 2.51. The summed E-state index contributed by atoms with van der Waals surface area (Å²) in [7, 11) is 3.53. The number of carbonyl (C=O) groups is 1. The van der Waals surface area contributed by atoms with E-state index in [1.807, 2.05) is 40.0 Å². The standard InChI is InChI=1S/C18H31N5O2/c1-7-10-25-16-9-8-14(11-20-16)12-21-17(19-5)23(6)13-15(24)22-18(2,3)4/h8-9,11H,7,10,12-13H2,1-6H3,(H,19,21)(H,22,24). The molecule has 0 aliphatic heterocycles. The Morgan fingerprint density at radius 1 is 1.36 bits per heavy atom. The number of likely N-dealkylation sites (N-methyl/N-ethyl adjacent to an activating group) is 1. The highest BCUT2D eigenvalue weighted by atomic mass is 16.5. The minimum Gasteiger partial charge on any atom is -0.478 e. The van der Waals surface area contributed by atoms with Crippen LogP contribution in [0.4, 0.5) is 0 Å². The SMILES string of the molecule is CCCOc1ccc(CNC(=NC)N(C)CC(=O)NC(C)(C)C)cn1. The Morgan fingerprint density at radius 2 is 2.08 bits per heavy atom. The number of carbonyl (C=O) groups excluding carboxylic acids is 1. The smallest absolute Gasteiger partial charge is 0.240 e. The lowest BCUT2D eigenvalue weighted by Gasteiger charge is -2.25. The molecule has 7 heteroatoms. The van der Waals surface area contributed by atoms with Crippen LogP contribution in [0.1, 0.15) is 39.7 Å². The van der Waals surface area contributed by atoms with Gasteiger partial charge in [0.05, 0.1) is 13.2 Å². The number of amides is 1. The van der Waals surface area contributed by atoms with Gasteiger partial charge in [0.15, 0.2) is 5.96 Å². The third kappa shape index (κ3) is 8.37. The van der Waals surface area contributed by atoms with Crippen LogP contribution in [0.15, 0.2) is 23.3 Å². The van der Waals surface area contributed by atoms with Gasteiger partial charge in [-0.2, -0.15) is 0 Å². The van der Waals surface area contributed by atoms with Gasteiger partial charge < -0.3 is 20.3 Å². The number of hydrogen-bond acceptors (Lipinski definition) is 4. The fraction of sp³-hybridized carbons (Fsp3) is 0.611. The van der Waals surface area contributed by atoms with Gasteiger partial charge >= 0.3 is 0 Å². The molecular formula is C18H31N5O2. The van der Waals surface area contributed by atoms with Gasteiger partial charge in [-0.1, -0.05) is 13.0 Å². The van der Waals surface area contributed by atoms with E-state index < -0.39 is 0 Å². The molecule has 0 aromatic carbocycles. The Hall–Kier alpha value is -2.31. The fourth-order valence-corrected chi connectivity index (χ4v) is 2.12. The molecule has 2 N–H and O–H groups in total. The maximum Gasteiger partial charge on any atom is 0.240 e. The third-order valence-electron chi connectivity index (χ3n) is 3.17. The number of guanidine groups is 1. The summed E-state index contributed by atoms with van der Waals surface area (Å²) >= 11 is 0. The molecule has 25 heavy (non-hydrogen) atoms. The second-order valence-corrected chi connectivity index (χ2v) is 6.91. The van der Waals surface area contributed by atoms with Crippen molar-refractivity contribution in [2.45, 2.75) is 46.2 Å². The van der Waals surface area contributed by atoms with Crippen LogP contribution in [0, 0.1) is 0 Å². The second kappa shape index (κ2) is 9.86. The summed E-state index contributed by atoms with van der Waals surface area (Å²) in [6.07, 6.45) is 2.73. The molecule has 0 atom stereocenters. The van der Waals surface area contributed by atoms with E-state index in [9.17, 15) is 4.79 Å². The first kappa shape index (κ1) is 20.7. The van der Waals surface area contributed by atoms with Gasteiger partial charge in [0.25, 0.3) is 0 Å². The fourth-order valence-electron chi connectivity index (χ4n) is 2.12. The average Bonchev–Trinajstić information content (AvgIpc) is 2.52. The monoisotopic (exact) mass is 349 g/mol. The van der Waals surface area contributed by atoms with Crippen LogP contribution in [0.3, 0.4) is 0 Å². The van der Waals surface area contributed by atoms with E-state index in [1.165, 1.54) is 0 Å². The van der Waals surface area contributed by atoms with Crippen molar-refractivity contribution in [1.29, 1.82) is 0 Å². The first-order chi connectivity index (χ1) is 11.7. The Morgan fingerprint density at radius 3 is 2.60 bits per heavy atom. The van der Waals surface area contributed by atoms with Crippen LogP contribution < -0.4 is 15.4 Å². The number of aliphatic imine (C=N–C) groups is 1. The summed E-state index contributed by atoms with van der Waals surface area (Å²) in [5, 5.41) is 6.17. The molecule has 1 heterocycles. The van der Waals surface area contributed by atoms with Crippen molar-refractivity contribution in [3.63, 3.8) is 0 Å². The molecule has 0 radical (unpaired) electrons. The number of pyridine rings is 1. The van der Waals surface area contributed by atoms with Crippen LogP contribution in [0.2, 0.25) is 0 Å². The van der Waals surface area contributed by atoms with Gasteiger partial charge in [-0.3, -0.25) is 9.79 Å². The van der Waals surface area contributed by atoms with E-state index in [1.54, 1.807) is 18.1 Å². The summed E-state index contributed by atoms with van der Waals surface area (Å²) in [5.74, 6) is 1.23.